The molecule has 23 heavy (non-hydrogen) atoms. The topological polar surface area (TPSA) is 41.9 Å². The van der Waals surface area contributed by atoms with Crippen molar-refractivity contribution in [2.24, 2.45) is 11.8 Å². The predicted octanol–water partition coefficient (Wildman–Crippen LogP) is 3.34. The first kappa shape index (κ1) is 16.9. The molecule has 0 amide bonds. The van der Waals surface area contributed by atoms with E-state index in [-0.39, 0.29) is 6.10 Å². The van der Waals surface area contributed by atoms with E-state index in [1.54, 1.807) is 0 Å². The van der Waals surface area contributed by atoms with Gasteiger partial charge < -0.3 is 14.6 Å². The highest BCUT2D eigenvalue weighted by atomic mass is 35.5. The van der Waals surface area contributed by atoms with Crippen LogP contribution in [0.5, 0.6) is 11.5 Å². The molecule has 1 aromatic carbocycles. The van der Waals surface area contributed by atoms with Crippen molar-refractivity contribution in [1.29, 1.82) is 0 Å². The third-order valence-electron chi connectivity index (χ3n) is 4.91. The largest absolute Gasteiger partial charge is 0.490 e. The molecule has 1 saturated heterocycles. The molecule has 128 valence electrons. The van der Waals surface area contributed by atoms with Crippen LogP contribution in [-0.2, 0) is 6.54 Å². The second-order valence-electron chi connectivity index (χ2n) is 6.60. The number of likely N-dealkylation sites (tertiary alicyclic amines) is 1. The lowest BCUT2D eigenvalue weighted by atomic mass is 10.0. The highest BCUT2D eigenvalue weighted by molar-refractivity contribution is 6.31. The number of benzene rings is 1. The summed E-state index contributed by atoms with van der Waals surface area (Å²) < 4.78 is 11.3. The van der Waals surface area contributed by atoms with Crippen LogP contribution < -0.4 is 9.47 Å². The number of rotatable bonds is 6. The van der Waals surface area contributed by atoms with Gasteiger partial charge in [0.05, 0.1) is 19.3 Å². The van der Waals surface area contributed by atoms with E-state index in [0.29, 0.717) is 30.8 Å². The first-order valence-electron chi connectivity index (χ1n) is 8.59. The van der Waals surface area contributed by atoms with Crippen molar-refractivity contribution >= 4 is 11.6 Å². The van der Waals surface area contributed by atoms with Crippen molar-refractivity contribution in [3.8, 4) is 11.5 Å². The highest BCUT2D eigenvalue weighted by Gasteiger charge is 2.40. The molecule has 1 saturated carbocycles. The van der Waals surface area contributed by atoms with Crippen molar-refractivity contribution in [3.05, 3.63) is 22.7 Å². The van der Waals surface area contributed by atoms with Crippen molar-refractivity contribution in [1.82, 2.24) is 4.90 Å². The van der Waals surface area contributed by atoms with Crippen LogP contribution in [-0.4, -0.2) is 42.4 Å². The number of ether oxygens (including phenoxy) is 2. The maximum atomic E-state index is 9.76. The van der Waals surface area contributed by atoms with E-state index in [9.17, 15) is 5.11 Å². The van der Waals surface area contributed by atoms with Crippen LogP contribution in [0.25, 0.3) is 0 Å². The molecule has 1 aromatic rings. The summed E-state index contributed by atoms with van der Waals surface area (Å²) in [6, 6.07) is 3.88. The Kier molecular flexibility index (Phi) is 5.34. The normalized spacial score (nSPS) is 27.2. The molecule has 1 aliphatic carbocycles. The summed E-state index contributed by atoms with van der Waals surface area (Å²) in [7, 11) is 0. The molecule has 3 atom stereocenters. The number of halogens is 1. The average molecular weight is 340 g/mol. The molecule has 1 heterocycles. The van der Waals surface area contributed by atoms with Crippen LogP contribution in [0.15, 0.2) is 12.1 Å². The van der Waals surface area contributed by atoms with Crippen LogP contribution in [0, 0.1) is 11.8 Å². The molecular weight excluding hydrogens is 314 g/mol. The standard InChI is InChI=1S/C18H26ClNO3/c1-3-22-17-7-14(16(19)8-18(17)23-4-2)11-20-9-12-5-15(21)6-13(12)10-20/h7-8,12-13,15,21H,3-6,9-11H2,1-2H3/t12-,13+,15?. The molecule has 1 aliphatic heterocycles. The highest BCUT2D eigenvalue weighted by Crippen LogP contribution is 2.40. The first-order valence-corrected chi connectivity index (χ1v) is 8.96. The molecular formula is C18H26ClNO3. The molecule has 2 aliphatic rings. The molecule has 2 fully saturated rings. The van der Waals surface area contributed by atoms with Crippen molar-refractivity contribution in [3.63, 3.8) is 0 Å². The molecule has 0 aromatic heterocycles. The molecule has 0 radical (unpaired) electrons. The van der Waals surface area contributed by atoms with Crippen LogP contribution >= 0.6 is 11.6 Å². The average Bonchev–Trinajstić information content (AvgIpc) is 3.00. The van der Waals surface area contributed by atoms with Gasteiger partial charge in [0.1, 0.15) is 0 Å². The van der Waals surface area contributed by atoms with Crippen molar-refractivity contribution in [2.45, 2.75) is 39.3 Å². The SMILES string of the molecule is CCOc1cc(Cl)c(CN2C[C@H]3CC(O)C[C@H]3C2)cc1OCC. The number of hydrogen-bond donors (Lipinski definition) is 1. The van der Waals surface area contributed by atoms with Gasteiger partial charge in [-0.25, -0.2) is 0 Å². The van der Waals surface area contributed by atoms with E-state index in [1.807, 2.05) is 26.0 Å². The smallest absolute Gasteiger partial charge is 0.162 e. The maximum absolute atomic E-state index is 9.76. The number of hydrogen-bond acceptors (Lipinski definition) is 4. The lowest BCUT2D eigenvalue weighted by Gasteiger charge is -2.20. The van der Waals surface area contributed by atoms with Crippen LogP contribution in [0.4, 0.5) is 0 Å². The second-order valence-corrected chi connectivity index (χ2v) is 7.00. The Balaban J connectivity index is 1.71. The summed E-state index contributed by atoms with van der Waals surface area (Å²) in [6.45, 7) is 8.05. The van der Waals surface area contributed by atoms with Gasteiger partial charge in [-0.15, -0.1) is 0 Å². The fraction of sp³-hybridized carbons (Fsp3) is 0.667. The third-order valence-corrected chi connectivity index (χ3v) is 5.26. The zero-order valence-corrected chi connectivity index (χ0v) is 14.7. The minimum absolute atomic E-state index is 0.0919. The Morgan fingerprint density at radius 1 is 1.09 bits per heavy atom. The van der Waals surface area contributed by atoms with Gasteiger partial charge in [0.25, 0.3) is 0 Å². The van der Waals surface area contributed by atoms with E-state index in [1.165, 1.54) is 0 Å². The quantitative estimate of drug-likeness (QED) is 0.863. The molecule has 4 nitrogen and oxygen atoms in total. The zero-order chi connectivity index (χ0) is 16.4. The van der Waals surface area contributed by atoms with Gasteiger partial charge in [0, 0.05) is 30.7 Å². The van der Waals surface area contributed by atoms with Gasteiger partial charge in [-0.05, 0) is 50.2 Å². The van der Waals surface area contributed by atoms with Crippen LogP contribution in [0.3, 0.4) is 0 Å². The van der Waals surface area contributed by atoms with Gasteiger partial charge in [-0.1, -0.05) is 11.6 Å². The van der Waals surface area contributed by atoms with Crippen molar-refractivity contribution in [2.75, 3.05) is 26.3 Å². The summed E-state index contributed by atoms with van der Waals surface area (Å²) in [5.41, 5.74) is 1.08. The molecule has 3 rings (SSSR count). The maximum Gasteiger partial charge on any atom is 0.162 e. The van der Waals surface area contributed by atoms with Gasteiger partial charge in [-0.2, -0.15) is 0 Å². The van der Waals surface area contributed by atoms with E-state index >= 15 is 0 Å². The Morgan fingerprint density at radius 3 is 2.22 bits per heavy atom. The second kappa shape index (κ2) is 7.29. The summed E-state index contributed by atoms with van der Waals surface area (Å²) in [5.74, 6) is 2.75. The Hall–Kier alpha value is -0.970. The lowest BCUT2D eigenvalue weighted by Crippen LogP contribution is -2.22. The predicted molar refractivity (Wildman–Crippen MR) is 91.3 cm³/mol. The summed E-state index contributed by atoms with van der Waals surface area (Å²) in [4.78, 5) is 2.44. The number of aliphatic hydroxyl groups is 1. The van der Waals surface area contributed by atoms with Crippen LogP contribution in [0.2, 0.25) is 5.02 Å². The molecule has 1 unspecified atom stereocenters. The monoisotopic (exact) mass is 339 g/mol. The fourth-order valence-electron chi connectivity index (χ4n) is 3.97. The molecule has 0 spiro atoms. The minimum atomic E-state index is -0.0919. The molecule has 0 bridgehead atoms. The minimum Gasteiger partial charge on any atom is -0.490 e. The molecule has 1 N–H and O–H groups in total. The summed E-state index contributed by atoms with van der Waals surface area (Å²) in [5, 5.41) is 10.5. The Labute approximate surface area is 143 Å². The fourth-order valence-corrected chi connectivity index (χ4v) is 4.18. The Bertz CT molecular complexity index is 537. The first-order chi connectivity index (χ1) is 11.1. The van der Waals surface area contributed by atoms with E-state index in [2.05, 4.69) is 4.90 Å². The van der Waals surface area contributed by atoms with E-state index < -0.39 is 0 Å². The van der Waals surface area contributed by atoms with E-state index in [4.69, 9.17) is 21.1 Å². The van der Waals surface area contributed by atoms with Crippen LogP contribution in [0.1, 0.15) is 32.3 Å². The van der Waals surface area contributed by atoms with Gasteiger partial charge in [-0.3, -0.25) is 4.90 Å². The number of fused-ring (bicyclic) bond motifs is 1. The van der Waals surface area contributed by atoms with Crippen molar-refractivity contribution < 1.29 is 14.6 Å². The van der Waals surface area contributed by atoms with Gasteiger partial charge >= 0.3 is 0 Å². The number of aliphatic hydroxyl groups excluding tert-OH is 1. The lowest BCUT2D eigenvalue weighted by molar-refractivity contribution is 0.161. The third kappa shape index (κ3) is 3.76. The van der Waals surface area contributed by atoms with Gasteiger partial charge in [0.2, 0.25) is 0 Å². The summed E-state index contributed by atoms with van der Waals surface area (Å²) >= 11 is 6.46. The molecule has 5 heteroatoms. The number of nitrogens with zero attached hydrogens (tertiary/aromatic N) is 1. The zero-order valence-electron chi connectivity index (χ0n) is 13.9. The van der Waals surface area contributed by atoms with Gasteiger partial charge in [0.15, 0.2) is 11.5 Å². The Morgan fingerprint density at radius 2 is 1.65 bits per heavy atom. The summed E-state index contributed by atoms with van der Waals surface area (Å²) in [6.07, 6.45) is 1.80. The van der Waals surface area contributed by atoms with E-state index in [0.717, 1.165) is 48.8 Å².